The molecule has 0 radical (unpaired) electrons. The second-order valence-corrected chi connectivity index (χ2v) is 7.79. The first-order chi connectivity index (χ1) is 11.4. The molecule has 1 saturated heterocycles. The van der Waals surface area contributed by atoms with Crippen molar-refractivity contribution in [1.82, 2.24) is 29.4 Å². The molecule has 0 unspecified atom stereocenters. The smallest absolute Gasteiger partial charge is 0.256 e. The van der Waals surface area contributed by atoms with E-state index in [1.807, 2.05) is 0 Å². The Morgan fingerprint density at radius 2 is 1.92 bits per heavy atom. The number of piperazine rings is 1. The van der Waals surface area contributed by atoms with E-state index >= 15 is 0 Å². The number of carbonyl (C=O) groups excluding carboxylic acids is 1. The largest absolute Gasteiger partial charge is 0.336 e. The Balaban J connectivity index is 1.84. The summed E-state index contributed by atoms with van der Waals surface area (Å²) >= 11 is 6.01. The molecule has 128 valence electrons. The van der Waals surface area contributed by atoms with Crippen LogP contribution in [0.4, 0.5) is 0 Å². The summed E-state index contributed by atoms with van der Waals surface area (Å²) in [5.41, 5.74) is 0.877. The molecule has 0 aliphatic carbocycles. The Morgan fingerprint density at radius 3 is 2.50 bits per heavy atom. The number of hydrogen-bond donors (Lipinski definition) is 0. The van der Waals surface area contributed by atoms with Crippen LogP contribution in [0.25, 0.3) is 5.69 Å². The summed E-state index contributed by atoms with van der Waals surface area (Å²) in [4.78, 5) is 14.4. The number of tetrazole rings is 1. The van der Waals surface area contributed by atoms with E-state index in [0.717, 1.165) is 0 Å². The van der Waals surface area contributed by atoms with Crippen molar-refractivity contribution in [2.75, 3.05) is 32.4 Å². The number of sulfonamides is 1. The first kappa shape index (κ1) is 16.8. The maximum Gasteiger partial charge on any atom is 0.256 e. The summed E-state index contributed by atoms with van der Waals surface area (Å²) in [7, 11) is -3.24. The number of hydrogen-bond acceptors (Lipinski definition) is 6. The van der Waals surface area contributed by atoms with Gasteiger partial charge in [0.2, 0.25) is 10.0 Å². The second-order valence-electron chi connectivity index (χ2n) is 5.37. The predicted molar refractivity (Wildman–Crippen MR) is 86.5 cm³/mol. The molecule has 0 saturated carbocycles. The Labute approximate surface area is 143 Å². The van der Waals surface area contributed by atoms with E-state index in [4.69, 9.17) is 11.6 Å². The highest BCUT2D eigenvalue weighted by atomic mass is 35.5. The fraction of sp³-hybridized carbons (Fsp3) is 0.385. The third-order valence-corrected chi connectivity index (χ3v) is 5.32. The fourth-order valence-corrected chi connectivity index (χ4v) is 3.53. The van der Waals surface area contributed by atoms with E-state index in [-0.39, 0.29) is 19.0 Å². The zero-order chi connectivity index (χ0) is 17.3. The van der Waals surface area contributed by atoms with Crippen LogP contribution in [0.2, 0.25) is 5.02 Å². The first-order valence-corrected chi connectivity index (χ1v) is 9.36. The first-order valence-electron chi connectivity index (χ1n) is 7.13. The van der Waals surface area contributed by atoms with Gasteiger partial charge in [-0.05, 0) is 28.6 Å². The lowest BCUT2D eigenvalue weighted by Crippen LogP contribution is -2.50. The van der Waals surface area contributed by atoms with Crippen molar-refractivity contribution in [2.24, 2.45) is 0 Å². The average Bonchev–Trinajstić information content (AvgIpc) is 3.08. The van der Waals surface area contributed by atoms with Gasteiger partial charge in [0.25, 0.3) is 5.91 Å². The Morgan fingerprint density at radius 1 is 1.21 bits per heavy atom. The molecule has 2 aromatic rings. The molecule has 1 aromatic carbocycles. The molecule has 0 atom stereocenters. The van der Waals surface area contributed by atoms with Crippen LogP contribution in [0.1, 0.15) is 10.4 Å². The Kier molecular flexibility index (Phi) is 4.52. The van der Waals surface area contributed by atoms with Gasteiger partial charge in [-0.3, -0.25) is 4.79 Å². The minimum absolute atomic E-state index is 0.217. The van der Waals surface area contributed by atoms with Gasteiger partial charge < -0.3 is 4.90 Å². The minimum atomic E-state index is -3.24. The number of carbonyl (C=O) groups is 1. The molecule has 1 aromatic heterocycles. The van der Waals surface area contributed by atoms with Gasteiger partial charge in [-0.2, -0.15) is 8.99 Å². The highest BCUT2D eigenvalue weighted by Crippen LogP contribution is 2.21. The second kappa shape index (κ2) is 6.46. The van der Waals surface area contributed by atoms with Crippen molar-refractivity contribution < 1.29 is 13.2 Å². The van der Waals surface area contributed by atoms with Gasteiger partial charge in [-0.15, -0.1) is 5.10 Å². The molecule has 1 aliphatic heterocycles. The topological polar surface area (TPSA) is 101 Å². The highest BCUT2D eigenvalue weighted by molar-refractivity contribution is 7.88. The van der Waals surface area contributed by atoms with Gasteiger partial charge >= 0.3 is 0 Å². The van der Waals surface area contributed by atoms with Crippen molar-refractivity contribution in [3.05, 3.63) is 35.1 Å². The molecule has 2 heterocycles. The number of benzene rings is 1. The lowest BCUT2D eigenvalue weighted by molar-refractivity contribution is 0.0698. The Hall–Kier alpha value is -2.04. The van der Waals surface area contributed by atoms with Gasteiger partial charge in [0.05, 0.1) is 17.5 Å². The lowest BCUT2D eigenvalue weighted by Gasteiger charge is -2.33. The van der Waals surface area contributed by atoms with Crippen molar-refractivity contribution in [3.8, 4) is 5.69 Å². The normalized spacial score (nSPS) is 16.3. The van der Waals surface area contributed by atoms with E-state index in [9.17, 15) is 13.2 Å². The lowest BCUT2D eigenvalue weighted by atomic mass is 10.1. The molecule has 11 heteroatoms. The van der Waals surface area contributed by atoms with Gasteiger partial charge in [0.15, 0.2) is 0 Å². The quantitative estimate of drug-likeness (QED) is 0.755. The highest BCUT2D eigenvalue weighted by Gasteiger charge is 2.28. The Bertz CT molecular complexity index is 847. The molecule has 0 N–H and O–H groups in total. The van der Waals surface area contributed by atoms with Crippen LogP contribution in [0.15, 0.2) is 24.5 Å². The van der Waals surface area contributed by atoms with Crippen LogP contribution in [-0.4, -0.2) is 76.2 Å². The standard InChI is InChI=1S/C13H15ClN6O3S/c1-24(22,23)19-6-4-18(5-7-19)13(21)11-3-2-10(14)8-12(11)20-9-15-16-17-20/h2-3,8-9H,4-7H2,1H3. The number of nitrogens with zero attached hydrogens (tertiary/aromatic N) is 6. The third kappa shape index (κ3) is 3.40. The monoisotopic (exact) mass is 370 g/mol. The molecular formula is C13H15ClN6O3S. The summed E-state index contributed by atoms with van der Waals surface area (Å²) in [6.45, 7) is 1.20. The van der Waals surface area contributed by atoms with Crippen LogP contribution < -0.4 is 0 Å². The van der Waals surface area contributed by atoms with Gasteiger partial charge in [-0.1, -0.05) is 11.6 Å². The van der Waals surface area contributed by atoms with Crippen LogP contribution in [0.5, 0.6) is 0 Å². The molecule has 1 fully saturated rings. The maximum absolute atomic E-state index is 12.8. The van der Waals surface area contributed by atoms with E-state index < -0.39 is 10.0 Å². The summed E-state index contributed by atoms with van der Waals surface area (Å²) < 4.78 is 25.9. The van der Waals surface area contributed by atoms with Crippen molar-refractivity contribution in [1.29, 1.82) is 0 Å². The van der Waals surface area contributed by atoms with Crippen molar-refractivity contribution in [2.45, 2.75) is 0 Å². The molecule has 0 bridgehead atoms. The predicted octanol–water partition coefficient (Wildman–Crippen LogP) is 0.0331. The van der Waals surface area contributed by atoms with Crippen LogP contribution >= 0.6 is 11.6 Å². The maximum atomic E-state index is 12.8. The number of amides is 1. The molecule has 24 heavy (non-hydrogen) atoms. The number of rotatable bonds is 3. The van der Waals surface area contributed by atoms with Gasteiger partial charge in [-0.25, -0.2) is 8.42 Å². The van der Waals surface area contributed by atoms with Gasteiger partial charge in [0, 0.05) is 31.2 Å². The van der Waals surface area contributed by atoms with E-state index in [2.05, 4.69) is 15.5 Å². The SMILES string of the molecule is CS(=O)(=O)N1CCN(C(=O)c2ccc(Cl)cc2-n2cnnn2)CC1. The summed E-state index contributed by atoms with van der Waals surface area (Å²) in [5.74, 6) is -0.217. The zero-order valence-electron chi connectivity index (χ0n) is 12.8. The fourth-order valence-electron chi connectivity index (χ4n) is 2.54. The van der Waals surface area contributed by atoms with E-state index in [1.54, 1.807) is 23.1 Å². The van der Waals surface area contributed by atoms with Gasteiger partial charge in [0.1, 0.15) is 6.33 Å². The van der Waals surface area contributed by atoms with E-state index in [1.165, 1.54) is 21.6 Å². The average molecular weight is 371 g/mol. The molecule has 9 nitrogen and oxygen atoms in total. The van der Waals surface area contributed by atoms with Crippen LogP contribution in [-0.2, 0) is 10.0 Å². The third-order valence-electron chi connectivity index (χ3n) is 3.78. The summed E-state index contributed by atoms with van der Waals surface area (Å²) in [6, 6.07) is 4.85. The minimum Gasteiger partial charge on any atom is -0.336 e. The molecular weight excluding hydrogens is 356 g/mol. The zero-order valence-corrected chi connectivity index (χ0v) is 14.4. The molecule has 3 rings (SSSR count). The van der Waals surface area contributed by atoms with Crippen molar-refractivity contribution >= 4 is 27.5 Å². The number of aromatic nitrogens is 4. The molecule has 1 aliphatic rings. The molecule has 1 amide bonds. The van der Waals surface area contributed by atoms with Crippen LogP contribution in [0, 0.1) is 0 Å². The van der Waals surface area contributed by atoms with E-state index in [0.29, 0.717) is 29.4 Å². The molecule has 0 spiro atoms. The summed E-state index contributed by atoms with van der Waals surface area (Å²) in [6.07, 6.45) is 2.55. The van der Waals surface area contributed by atoms with Crippen molar-refractivity contribution in [3.63, 3.8) is 0 Å². The summed E-state index contributed by atoms with van der Waals surface area (Å²) in [5, 5.41) is 11.4. The van der Waals surface area contributed by atoms with Crippen LogP contribution in [0.3, 0.4) is 0 Å². The number of halogens is 1.